The van der Waals surface area contributed by atoms with Crippen LogP contribution in [0.25, 0.3) is 33.2 Å². The number of rotatable bonds is 5. The SMILES string of the molecule is CCc1c2c(nc3ccc4ncc(NC(=O)CN)cc4c13)-c1cc(C)c(COC(=O)O)c(=O)n1C2. The van der Waals surface area contributed by atoms with Crippen LogP contribution >= 0.6 is 0 Å². The van der Waals surface area contributed by atoms with Gasteiger partial charge in [-0.25, -0.2) is 9.78 Å². The van der Waals surface area contributed by atoms with Crippen LogP contribution in [0.1, 0.15) is 29.2 Å². The zero-order valence-electron chi connectivity index (χ0n) is 19.2. The number of fused-ring (bicyclic) bond motifs is 6. The van der Waals surface area contributed by atoms with E-state index in [2.05, 4.69) is 15.0 Å². The Morgan fingerprint density at radius 2 is 2.00 bits per heavy atom. The molecule has 3 aromatic heterocycles. The number of hydrogen-bond donors (Lipinski definition) is 3. The van der Waals surface area contributed by atoms with E-state index in [9.17, 15) is 14.4 Å². The van der Waals surface area contributed by atoms with Gasteiger partial charge in [-0.2, -0.15) is 0 Å². The van der Waals surface area contributed by atoms with Crippen molar-refractivity contribution in [2.24, 2.45) is 5.73 Å². The van der Waals surface area contributed by atoms with Crippen molar-refractivity contribution in [1.82, 2.24) is 14.5 Å². The van der Waals surface area contributed by atoms with E-state index in [4.69, 9.17) is 15.8 Å². The molecule has 0 aliphatic carbocycles. The third-order valence-corrected chi connectivity index (χ3v) is 6.37. The first kappa shape index (κ1) is 22.5. The Bertz CT molecular complexity index is 1610. The summed E-state index contributed by atoms with van der Waals surface area (Å²) in [6.45, 7) is 3.70. The van der Waals surface area contributed by atoms with Crippen LogP contribution in [0.5, 0.6) is 0 Å². The number of aromatic nitrogens is 3. The van der Waals surface area contributed by atoms with E-state index in [1.54, 1.807) is 17.7 Å². The summed E-state index contributed by atoms with van der Waals surface area (Å²) in [5.74, 6) is -0.311. The van der Waals surface area contributed by atoms with Crippen LogP contribution < -0.4 is 16.6 Å². The first-order chi connectivity index (χ1) is 16.8. The number of nitrogens with two attached hydrogens (primary N) is 1. The van der Waals surface area contributed by atoms with Crippen LogP contribution in [0.3, 0.4) is 0 Å². The van der Waals surface area contributed by atoms with Gasteiger partial charge < -0.3 is 25.5 Å². The molecular weight excluding hydrogens is 450 g/mol. The van der Waals surface area contributed by atoms with Crippen LogP contribution in [0, 0.1) is 6.92 Å². The molecule has 4 N–H and O–H groups in total. The van der Waals surface area contributed by atoms with E-state index in [1.807, 2.05) is 31.2 Å². The predicted octanol–water partition coefficient (Wildman–Crippen LogP) is 2.94. The zero-order chi connectivity index (χ0) is 24.9. The van der Waals surface area contributed by atoms with Crippen LogP contribution in [0.15, 0.2) is 35.3 Å². The quantitative estimate of drug-likeness (QED) is 0.260. The van der Waals surface area contributed by atoms with Crippen molar-refractivity contribution in [2.45, 2.75) is 33.4 Å². The largest absolute Gasteiger partial charge is 0.506 e. The molecule has 1 aliphatic heterocycles. The third kappa shape index (κ3) is 3.68. The molecule has 0 atom stereocenters. The van der Waals surface area contributed by atoms with E-state index in [1.165, 1.54) is 0 Å². The summed E-state index contributed by atoms with van der Waals surface area (Å²) in [5.41, 5.74) is 11.6. The van der Waals surface area contributed by atoms with Crippen molar-refractivity contribution in [3.8, 4) is 11.4 Å². The van der Waals surface area contributed by atoms with Gasteiger partial charge in [-0.05, 0) is 48.7 Å². The number of carboxylic acid groups (broad SMARTS) is 1. The molecule has 4 heterocycles. The van der Waals surface area contributed by atoms with Gasteiger partial charge in [-0.15, -0.1) is 0 Å². The molecule has 0 saturated carbocycles. The van der Waals surface area contributed by atoms with E-state index in [-0.39, 0.29) is 24.6 Å². The Kier molecular flexibility index (Phi) is 5.45. The molecular formula is C25H23N5O5. The Balaban J connectivity index is 1.72. The molecule has 178 valence electrons. The van der Waals surface area contributed by atoms with Crippen LogP contribution in [0.4, 0.5) is 10.5 Å². The summed E-state index contributed by atoms with van der Waals surface area (Å²) in [5, 5.41) is 13.4. The second-order valence-corrected chi connectivity index (χ2v) is 8.41. The minimum atomic E-state index is -1.43. The number of ether oxygens (including phenoxy) is 1. The van der Waals surface area contributed by atoms with Gasteiger partial charge in [0.15, 0.2) is 0 Å². The van der Waals surface area contributed by atoms with Gasteiger partial charge in [0, 0.05) is 16.3 Å². The number of nitrogens with zero attached hydrogens (tertiary/aromatic N) is 3. The number of nitrogens with one attached hydrogen (secondary N) is 1. The molecule has 5 rings (SSSR count). The number of aryl methyl sites for hydroxylation is 2. The van der Waals surface area contributed by atoms with Crippen LogP contribution in [0.2, 0.25) is 0 Å². The second kappa shape index (κ2) is 8.48. The van der Waals surface area contributed by atoms with Gasteiger partial charge in [-0.3, -0.25) is 14.6 Å². The topological polar surface area (TPSA) is 149 Å². The van der Waals surface area contributed by atoms with Crippen LogP contribution in [-0.2, 0) is 29.1 Å². The van der Waals surface area contributed by atoms with Crippen LogP contribution in [-0.4, -0.2) is 38.2 Å². The van der Waals surface area contributed by atoms with Gasteiger partial charge in [-0.1, -0.05) is 6.92 Å². The highest BCUT2D eigenvalue weighted by Crippen LogP contribution is 2.38. The number of amides is 1. The summed E-state index contributed by atoms with van der Waals surface area (Å²) in [4.78, 5) is 45.3. The van der Waals surface area contributed by atoms with Crippen molar-refractivity contribution < 1.29 is 19.4 Å². The lowest BCUT2D eigenvalue weighted by Gasteiger charge is -2.13. The average molecular weight is 473 g/mol. The lowest BCUT2D eigenvalue weighted by molar-refractivity contribution is -0.114. The summed E-state index contributed by atoms with van der Waals surface area (Å²) in [6.07, 6.45) is 0.852. The molecule has 1 aromatic carbocycles. The lowest BCUT2D eigenvalue weighted by Crippen LogP contribution is -2.25. The minimum Gasteiger partial charge on any atom is -0.450 e. The first-order valence-corrected chi connectivity index (χ1v) is 11.2. The number of anilines is 1. The number of carbonyl (C=O) groups is 2. The third-order valence-electron chi connectivity index (χ3n) is 6.37. The van der Waals surface area contributed by atoms with E-state index >= 15 is 0 Å². The summed E-state index contributed by atoms with van der Waals surface area (Å²) in [6, 6.07) is 7.51. The predicted molar refractivity (Wildman–Crippen MR) is 130 cm³/mol. The molecule has 35 heavy (non-hydrogen) atoms. The molecule has 0 unspecified atom stereocenters. The Labute approximate surface area is 199 Å². The number of carbonyl (C=O) groups excluding carboxylic acids is 1. The maximum atomic E-state index is 13.2. The molecule has 0 saturated heterocycles. The van der Waals surface area contributed by atoms with E-state index in [0.29, 0.717) is 35.5 Å². The molecule has 4 aromatic rings. The Morgan fingerprint density at radius 3 is 2.71 bits per heavy atom. The normalized spacial score (nSPS) is 12.0. The van der Waals surface area contributed by atoms with Crippen molar-refractivity contribution in [1.29, 1.82) is 0 Å². The fourth-order valence-electron chi connectivity index (χ4n) is 4.76. The Hall–Kier alpha value is -4.31. The van der Waals surface area contributed by atoms with E-state index in [0.717, 1.165) is 38.6 Å². The van der Waals surface area contributed by atoms with Gasteiger partial charge in [0.2, 0.25) is 5.91 Å². The molecule has 0 radical (unpaired) electrons. The zero-order valence-corrected chi connectivity index (χ0v) is 19.2. The molecule has 0 bridgehead atoms. The maximum Gasteiger partial charge on any atom is 0.506 e. The van der Waals surface area contributed by atoms with Crippen molar-refractivity contribution >= 4 is 39.6 Å². The average Bonchev–Trinajstić information content (AvgIpc) is 3.20. The van der Waals surface area contributed by atoms with Gasteiger partial charge in [0.05, 0.1) is 53.0 Å². The number of pyridine rings is 3. The highest BCUT2D eigenvalue weighted by atomic mass is 16.7. The highest BCUT2D eigenvalue weighted by molar-refractivity contribution is 6.09. The van der Waals surface area contributed by atoms with E-state index < -0.39 is 6.16 Å². The second-order valence-electron chi connectivity index (χ2n) is 8.41. The monoisotopic (exact) mass is 473 g/mol. The molecule has 1 aliphatic rings. The fraction of sp³-hybridized carbons (Fsp3) is 0.240. The minimum absolute atomic E-state index is 0.130. The van der Waals surface area contributed by atoms with Gasteiger partial charge in [0.1, 0.15) is 6.61 Å². The van der Waals surface area contributed by atoms with Crippen molar-refractivity contribution in [3.05, 3.63) is 63.1 Å². The maximum absolute atomic E-state index is 13.2. The lowest BCUT2D eigenvalue weighted by atomic mass is 9.95. The van der Waals surface area contributed by atoms with Crippen molar-refractivity contribution in [2.75, 3.05) is 11.9 Å². The molecule has 10 nitrogen and oxygen atoms in total. The number of benzene rings is 1. The molecule has 0 fully saturated rings. The summed E-state index contributed by atoms with van der Waals surface area (Å²) >= 11 is 0. The molecule has 10 heteroatoms. The number of hydrogen-bond acceptors (Lipinski definition) is 7. The van der Waals surface area contributed by atoms with Gasteiger partial charge >= 0.3 is 6.16 Å². The smallest absolute Gasteiger partial charge is 0.450 e. The fourth-order valence-corrected chi connectivity index (χ4v) is 4.76. The summed E-state index contributed by atoms with van der Waals surface area (Å²) < 4.78 is 6.29. The highest BCUT2D eigenvalue weighted by Gasteiger charge is 2.28. The van der Waals surface area contributed by atoms with Gasteiger partial charge in [0.25, 0.3) is 5.56 Å². The molecule has 1 amide bonds. The standard InChI is InChI=1S/C25H23N5O5/c1-3-14-16-10-30-20(6-12(2)17(24(30)32)11-35-25(33)34)23(16)29-19-5-4-18-15(22(14)19)7-13(9-27-18)28-21(31)8-26/h4-7,9H,3,8,10-11,26H2,1-2H3,(H,28,31)(H,33,34). The van der Waals surface area contributed by atoms with Crippen molar-refractivity contribution in [3.63, 3.8) is 0 Å². The molecule has 0 spiro atoms. The Morgan fingerprint density at radius 1 is 1.23 bits per heavy atom. The first-order valence-electron chi connectivity index (χ1n) is 11.2. The summed E-state index contributed by atoms with van der Waals surface area (Å²) in [7, 11) is 0.